The third-order valence-electron chi connectivity index (χ3n) is 10.8. The number of nitrogens with zero attached hydrogens (tertiary/aromatic N) is 6. The largest absolute Gasteiger partial charge is 0.497 e. The van der Waals surface area contributed by atoms with Crippen LogP contribution in [-0.4, -0.2) is 42.1 Å². The van der Waals surface area contributed by atoms with Gasteiger partial charge in [0.1, 0.15) is 5.75 Å². The summed E-state index contributed by atoms with van der Waals surface area (Å²) in [4.78, 5) is 29.6. The molecular formula is C54H38N6O2. The summed E-state index contributed by atoms with van der Waals surface area (Å²) in [5.74, 6) is 4.29. The van der Waals surface area contributed by atoms with Crippen molar-refractivity contribution in [2.45, 2.75) is 6.61 Å². The van der Waals surface area contributed by atoms with Crippen LogP contribution in [0.1, 0.15) is 5.56 Å². The van der Waals surface area contributed by atoms with E-state index >= 15 is 0 Å². The molecule has 0 unspecified atom stereocenters. The third kappa shape index (κ3) is 7.81. The zero-order chi connectivity index (χ0) is 41.8. The average Bonchev–Trinajstić information content (AvgIpc) is 3.36. The van der Waals surface area contributed by atoms with E-state index in [9.17, 15) is 5.11 Å². The van der Waals surface area contributed by atoms with Crippen LogP contribution in [0.4, 0.5) is 0 Å². The smallest absolute Gasteiger partial charge is 0.164 e. The minimum atomic E-state index is -0.0283. The molecule has 62 heavy (non-hydrogen) atoms. The summed E-state index contributed by atoms with van der Waals surface area (Å²) in [6, 6.07) is 65.1. The zero-order valence-corrected chi connectivity index (χ0v) is 33.7. The molecule has 2 aromatic heterocycles. The molecule has 0 bridgehead atoms. The second-order valence-corrected chi connectivity index (χ2v) is 14.8. The second kappa shape index (κ2) is 16.8. The van der Waals surface area contributed by atoms with E-state index < -0.39 is 0 Å². The number of fused-ring (bicyclic) bond motifs is 1. The van der Waals surface area contributed by atoms with Gasteiger partial charge in [0.05, 0.1) is 13.7 Å². The molecule has 8 aromatic carbocycles. The van der Waals surface area contributed by atoms with Crippen LogP contribution in [0.2, 0.25) is 0 Å². The van der Waals surface area contributed by atoms with Crippen molar-refractivity contribution >= 4 is 10.8 Å². The highest BCUT2D eigenvalue weighted by Crippen LogP contribution is 2.35. The van der Waals surface area contributed by atoms with Gasteiger partial charge in [-0.15, -0.1) is 0 Å². The van der Waals surface area contributed by atoms with Crippen LogP contribution in [-0.2, 0) is 6.61 Å². The van der Waals surface area contributed by atoms with E-state index in [0.29, 0.717) is 34.9 Å². The maximum atomic E-state index is 9.62. The molecule has 0 radical (unpaired) electrons. The summed E-state index contributed by atoms with van der Waals surface area (Å²) in [6.07, 6.45) is 0. The van der Waals surface area contributed by atoms with Gasteiger partial charge in [-0.25, -0.2) is 29.9 Å². The van der Waals surface area contributed by atoms with Gasteiger partial charge in [-0.05, 0) is 81.1 Å². The van der Waals surface area contributed by atoms with Crippen molar-refractivity contribution in [2.75, 3.05) is 7.11 Å². The van der Waals surface area contributed by atoms with Crippen molar-refractivity contribution in [2.24, 2.45) is 0 Å². The molecule has 10 rings (SSSR count). The van der Waals surface area contributed by atoms with E-state index in [1.807, 2.05) is 127 Å². The summed E-state index contributed by atoms with van der Waals surface area (Å²) in [5.41, 5.74) is 10.4. The maximum absolute atomic E-state index is 9.62. The number of aromatic nitrogens is 6. The molecule has 0 aliphatic rings. The molecule has 2 heterocycles. The van der Waals surface area contributed by atoms with Crippen LogP contribution in [0.15, 0.2) is 194 Å². The Hall–Kier alpha value is -8.20. The van der Waals surface area contributed by atoms with Gasteiger partial charge in [0.2, 0.25) is 0 Å². The Morgan fingerprint density at radius 2 is 0.758 bits per heavy atom. The maximum Gasteiger partial charge on any atom is 0.164 e. The molecule has 8 heteroatoms. The SMILES string of the molecule is COc1ccc(-c2nc(-c3ccccc3)nc(-c3cccc(-c4cccc5cc(-c6cccc(-c7nc(-c8ccccc8)nc(-c8ccc(CO)cc8)n7)c6)ccc45)c3)n2)cc1. The number of hydrogen-bond acceptors (Lipinski definition) is 8. The molecule has 296 valence electrons. The lowest BCUT2D eigenvalue weighted by molar-refractivity contribution is 0.282. The molecular weight excluding hydrogens is 765 g/mol. The number of aliphatic hydroxyl groups is 1. The highest BCUT2D eigenvalue weighted by molar-refractivity contribution is 5.99. The number of benzene rings is 8. The average molecular weight is 803 g/mol. The number of methoxy groups -OCH3 is 1. The predicted molar refractivity (Wildman–Crippen MR) is 247 cm³/mol. The van der Waals surface area contributed by atoms with Crippen LogP contribution in [0.5, 0.6) is 5.75 Å². The standard InChI is InChI=1S/C54H38N6O2/c1-62-46-28-25-39(26-29-46)52-56-50(37-13-6-3-7-14-37)58-54(60-52)45-19-9-16-43(33-45)47-20-10-17-42-31-41(27-30-48(42)47)40-15-8-18-44(32-40)53-57-49(36-11-4-2-5-12-36)55-51(59-53)38-23-21-35(34-61)22-24-38/h2-33,61H,34H2,1H3. The van der Waals surface area contributed by atoms with E-state index in [2.05, 4.69) is 66.7 Å². The highest BCUT2D eigenvalue weighted by Gasteiger charge is 2.16. The first-order valence-corrected chi connectivity index (χ1v) is 20.3. The van der Waals surface area contributed by atoms with E-state index in [0.717, 1.165) is 77.7 Å². The first kappa shape index (κ1) is 38.0. The molecule has 0 spiro atoms. The summed E-state index contributed by atoms with van der Waals surface area (Å²) >= 11 is 0. The Morgan fingerprint density at radius 3 is 1.29 bits per heavy atom. The third-order valence-corrected chi connectivity index (χ3v) is 10.8. The first-order chi connectivity index (χ1) is 30.6. The van der Waals surface area contributed by atoms with E-state index in [4.69, 9.17) is 34.6 Å². The quantitative estimate of drug-likeness (QED) is 0.146. The molecule has 0 fully saturated rings. The van der Waals surface area contributed by atoms with Crippen LogP contribution in [0, 0.1) is 0 Å². The van der Waals surface area contributed by atoms with Crippen LogP contribution in [0.3, 0.4) is 0 Å². The van der Waals surface area contributed by atoms with Gasteiger partial charge < -0.3 is 9.84 Å². The Bertz CT molecular complexity index is 3190. The predicted octanol–water partition coefficient (Wildman–Crippen LogP) is 12.0. The topological polar surface area (TPSA) is 107 Å². The monoisotopic (exact) mass is 802 g/mol. The van der Waals surface area contributed by atoms with Gasteiger partial charge in [-0.3, -0.25) is 0 Å². The molecule has 0 aliphatic carbocycles. The Balaban J connectivity index is 1.00. The molecule has 0 saturated heterocycles. The number of ether oxygens (including phenoxy) is 1. The van der Waals surface area contributed by atoms with Gasteiger partial charge in [-0.2, -0.15) is 0 Å². The lowest BCUT2D eigenvalue weighted by Gasteiger charge is -2.12. The number of aliphatic hydroxyl groups excluding tert-OH is 1. The van der Waals surface area contributed by atoms with E-state index in [1.54, 1.807) is 7.11 Å². The first-order valence-electron chi connectivity index (χ1n) is 20.3. The summed E-state index contributed by atoms with van der Waals surface area (Å²) < 4.78 is 5.40. The molecule has 0 saturated carbocycles. The fourth-order valence-corrected chi connectivity index (χ4v) is 7.58. The van der Waals surface area contributed by atoms with E-state index in [-0.39, 0.29) is 6.61 Å². The lowest BCUT2D eigenvalue weighted by Crippen LogP contribution is -2.00. The molecule has 0 aliphatic heterocycles. The van der Waals surface area contributed by atoms with Crippen molar-refractivity contribution in [1.29, 1.82) is 0 Å². The summed E-state index contributed by atoms with van der Waals surface area (Å²) in [7, 11) is 1.66. The number of rotatable bonds is 10. The van der Waals surface area contributed by atoms with Gasteiger partial charge in [-0.1, -0.05) is 152 Å². The van der Waals surface area contributed by atoms with Gasteiger partial charge >= 0.3 is 0 Å². The lowest BCUT2D eigenvalue weighted by atomic mass is 9.94. The van der Waals surface area contributed by atoms with Crippen molar-refractivity contribution in [3.8, 4) is 96.3 Å². The molecule has 0 amide bonds. The van der Waals surface area contributed by atoms with Crippen molar-refractivity contribution in [1.82, 2.24) is 29.9 Å². The normalized spacial score (nSPS) is 11.1. The van der Waals surface area contributed by atoms with Crippen LogP contribution in [0.25, 0.3) is 101 Å². The van der Waals surface area contributed by atoms with Crippen molar-refractivity contribution in [3.05, 3.63) is 200 Å². The van der Waals surface area contributed by atoms with Crippen LogP contribution < -0.4 is 4.74 Å². The van der Waals surface area contributed by atoms with Gasteiger partial charge in [0, 0.05) is 33.4 Å². The Kier molecular flexibility index (Phi) is 10.3. The fourth-order valence-electron chi connectivity index (χ4n) is 7.58. The molecule has 8 nitrogen and oxygen atoms in total. The number of hydrogen-bond donors (Lipinski definition) is 1. The minimum Gasteiger partial charge on any atom is -0.497 e. The minimum absolute atomic E-state index is 0.0283. The van der Waals surface area contributed by atoms with Crippen molar-refractivity contribution < 1.29 is 9.84 Å². The van der Waals surface area contributed by atoms with Gasteiger partial charge in [0.25, 0.3) is 0 Å². The fraction of sp³-hybridized carbons (Fsp3) is 0.0370. The van der Waals surface area contributed by atoms with Gasteiger partial charge in [0.15, 0.2) is 34.9 Å². The molecule has 10 aromatic rings. The zero-order valence-electron chi connectivity index (χ0n) is 33.7. The molecule has 1 N–H and O–H groups in total. The second-order valence-electron chi connectivity index (χ2n) is 14.8. The Labute approximate surface area is 359 Å². The van der Waals surface area contributed by atoms with Crippen molar-refractivity contribution in [3.63, 3.8) is 0 Å². The Morgan fingerprint density at radius 1 is 0.355 bits per heavy atom. The van der Waals surface area contributed by atoms with E-state index in [1.165, 1.54) is 0 Å². The molecule has 0 atom stereocenters. The summed E-state index contributed by atoms with van der Waals surface area (Å²) in [6.45, 7) is -0.0283. The summed E-state index contributed by atoms with van der Waals surface area (Å²) in [5, 5.41) is 11.9. The highest BCUT2D eigenvalue weighted by atomic mass is 16.5. The van der Waals surface area contributed by atoms with Crippen LogP contribution >= 0.6 is 0 Å².